The normalized spacial score (nSPS) is 22.9. The van der Waals surface area contributed by atoms with Gasteiger partial charge in [-0.15, -0.1) is 0 Å². The number of piperazine rings is 1. The van der Waals surface area contributed by atoms with Gasteiger partial charge in [0.05, 0.1) is 6.04 Å². The van der Waals surface area contributed by atoms with Gasteiger partial charge in [-0.05, 0) is 43.7 Å². The van der Waals surface area contributed by atoms with Crippen LogP contribution in [0.1, 0.15) is 75.5 Å². The molecule has 40 heavy (non-hydrogen) atoms. The Morgan fingerprint density at radius 2 is 1.68 bits per heavy atom. The number of hydrogen-bond donors (Lipinski definition) is 2. The summed E-state index contributed by atoms with van der Waals surface area (Å²) in [6.07, 6.45) is 9.62. The lowest BCUT2D eigenvalue weighted by atomic mass is 9.78. The predicted octanol–water partition coefficient (Wildman–Crippen LogP) is 5.13. The van der Waals surface area contributed by atoms with E-state index in [0.29, 0.717) is 38.4 Å². The molecule has 2 saturated heterocycles. The van der Waals surface area contributed by atoms with Crippen LogP contribution in [0, 0.1) is 5.92 Å². The van der Waals surface area contributed by atoms with Crippen molar-refractivity contribution in [3.8, 4) is 0 Å². The number of carbonyl (C=O) groups is 3. The Balaban J connectivity index is 1.26. The summed E-state index contributed by atoms with van der Waals surface area (Å²) in [5.74, 6) is 0.584. The van der Waals surface area contributed by atoms with E-state index in [9.17, 15) is 14.4 Å². The Bertz CT molecular complexity index is 1370. The Labute approximate surface area is 236 Å². The minimum absolute atomic E-state index is 0.0324. The molecule has 7 nitrogen and oxygen atoms in total. The number of piperidine rings is 1. The molecule has 7 heteroatoms. The smallest absolute Gasteiger partial charge is 0.246 e. The Hall–Kier alpha value is -3.45. The first-order chi connectivity index (χ1) is 19.5. The van der Waals surface area contributed by atoms with Gasteiger partial charge in [0.25, 0.3) is 0 Å². The lowest BCUT2D eigenvalue weighted by Crippen LogP contribution is -2.72. The second-order valence-corrected chi connectivity index (χ2v) is 12.0. The van der Waals surface area contributed by atoms with Gasteiger partial charge in [0.15, 0.2) is 5.78 Å². The Morgan fingerprint density at radius 3 is 2.40 bits per heavy atom. The molecule has 1 aliphatic carbocycles. The highest BCUT2D eigenvalue weighted by atomic mass is 16.2. The number of rotatable bonds is 7. The van der Waals surface area contributed by atoms with Crippen molar-refractivity contribution < 1.29 is 14.4 Å². The van der Waals surface area contributed by atoms with Crippen molar-refractivity contribution >= 4 is 28.5 Å². The fraction of sp³-hybridized carbons (Fsp3) is 0.485. The van der Waals surface area contributed by atoms with E-state index < -0.39 is 17.6 Å². The van der Waals surface area contributed by atoms with Gasteiger partial charge in [-0.2, -0.15) is 0 Å². The molecule has 1 spiro atoms. The van der Waals surface area contributed by atoms with E-state index in [0.717, 1.165) is 41.3 Å². The number of nitrogens with zero attached hydrogens (tertiary/aromatic N) is 2. The van der Waals surface area contributed by atoms with Crippen LogP contribution in [0.25, 0.3) is 10.9 Å². The topological polar surface area (TPSA) is 85.5 Å². The van der Waals surface area contributed by atoms with Crippen molar-refractivity contribution in [2.24, 2.45) is 5.92 Å². The van der Waals surface area contributed by atoms with Crippen molar-refractivity contribution in [2.75, 3.05) is 13.1 Å². The highest BCUT2D eigenvalue weighted by molar-refractivity contribution is 6.00. The van der Waals surface area contributed by atoms with Crippen molar-refractivity contribution in [3.05, 3.63) is 71.9 Å². The average Bonchev–Trinajstić information content (AvgIpc) is 3.40. The van der Waals surface area contributed by atoms with Crippen LogP contribution < -0.4 is 5.32 Å². The Morgan fingerprint density at radius 1 is 0.975 bits per heavy atom. The fourth-order valence-corrected chi connectivity index (χ4v) is 7.43. The fourth-order valence-electron chi connectivity index (χ4n) is 7.43. The number of likely N-dealkylation sites (tertiary alicyclic amines) is 1. The number of Topliss-reactive ketones (excluding diaryl/α,β-unsaturated/α-hetero) is 1. The number of fused-ring (bicyclic) bond motifs is 1. The maximum absolute atomic E-state index is 14.1. The molecule has 2 aromatic carbocycles. The summed E-state index contributed by atoms with van der Waals surface area (Å²) < 4.78 is 0. The molecule has 2 aliphatic heterocycles. The number of hydrogen-bond acceptors (Lipinski definition) is 4. The second-order valence-electron chi connectivity index (χ2n) is 12.0. The van der Waals surface area contributed by atoms with Crippen LogP contribution in [0.5, 0.6) is 0 Å². The van der Waals surface area contributed by atoms with Gasteiger partial charge in [-0.3, -0.25) is 19.3 Å². The zero-order chi connectivity index (χ0) is 27.7. The van der Waals surface area contributed by atoms with Gasteiger partial charge in [-0.1, -0.05) is 80.6 Å². The number of benzene rings is 2. The van der Waals surface area contributed by atoms with Crippen molar-refractivity contribution in [2.45, 2.75) is 82.5 Å². The van der Waals surface area contributed by atoms with Crippen LogP contribution in [-0.4, -0.2) is 57.1 Å². The number of carbonyl (C=O) groups excluding carboxylic acids is 3. The van der Waals surface area contributed by atoms with Crippen LogP contribution in [-0.2, 0) is 20.9 Å². The molecular formula is C33H40N4O3. The van der Waals surface area contributed by atoms with Crippen LogP contribution in [0.4, 0.5) is 0 Å². The van der Waals surface area contributed by atoms with E-state index in [1.54, 1.807) is 6.92 Å². The molecule has 2 atom stereocenters. The third-order valence-electron chi connectivity index (χ3n) is 9.58. The van der Waals surface area contributed by atoms with Crippen LogP contribution >= 0.6 is 0 Å². The highest BCUT2D eigenvalue weighted by Crippen LogP contribution is 2.39. The van der Waals surface area contributed by atoms with Gasteiger partial charge < -0.3 is 15.2 Å². The van der Waals surface area contributed by atoms with E-state index >= 15 is 0 Å². The molecule has 210 valence electrons. The first-order valence-corrected chi connectivity index (χ1v) is 14.9. The lowest BCUT2D eigenvalue weighted by molar-refractivity contribution is -0.163. The lowest BCUT2D eigenvalue weighted by Gasteiger charge is -2.52. The van der Waals surface area contributed by atoms with E-state index in [1.807, 2.05) is 65.7 Å². The minimum Gasteiger partial charge on any atom is -0.361 e. The molecule has 0 bridgehead atoms. The molecule has 3 heterocycles. The number of aromatic amines is 1. The summed E-state index contributed by atoms with van der Waals surface area (Å²) in [6, 6.07) is 17.2. The number of ketones is 1. The van der Waals surface area contributed by atoms with Crippen LogP contribution in [0.2, 0.25) is 0 Å². The SMILES string of the molecule is CC(=O)C(c1c[nH]c2ccccc12)N1CCC2(CC1)C(=O)NC(CC1CCCCC1)C(=O)N2Cc1ccccc1. The molecule has 3 aliphatic rings. The minimum atomic E-state index is -0.909. The van der Waals surface area contributed by atoms with Crippen LogP contribution in [0.15, 0.2) is 60.8 Å². The highest BCUT2D eigenvalue weighted by Gasteiger charge is 2.54. The van der Waals surface area contributed by atoms with E-state index in [2.05, 4.69) is 15.2 Å². The molecule has 2 amide bonds. The first kappa shape index (κ1) is 26.8. The molecular weight excluding hydrogens is 500 g/mol. The molecule has 1 aromatic heterocycles. The third-order valence-corrected chi connectivity index (χ3v) is 9.58. The summed E-state index contributed by atoms with van der Waals surface area (Å²) in [5.41, 5.74) is 2.10. The van der Waals surface area contributed by atoms with E-state index in [-0.39, 0.29) is 17.6 Å². The maximum atomic E-state index is 14.1. The number of aromatic nitrogens is 1. The van der Waals surface area contributed by atoms with E-state index in [4.69, 9.17) is 0 Å². The second kappa shape index (κ2) is 11.2. The zero-order valence-electron chi connectivity index (χ0n) is 23.4. The molecule has 3 fully saturated rings. The van der Waals surface area contributed by atoms with Gasteiger partial charge in [0.2, 0.25) is 11.8 Å². The van der Waals surface area contributed by atoms with Crippen LogP contribution in [0.3, 0.4) is 0 Å². The molecule has 1 saturated carbocycles. The average molecular weight is 541 g/mol. The number of nitrogens with one attached hydrogen (secondary N) is 2. The number of H-pyrrole nitrogens is 1. The predicted molar refractivity (Wildman–Crippen MR) is 155 cm³/mol. The van der Waals surface area contributed by atoms with Gasteiger partial charge in [-0.25, -0.2) is 0 Å². The summed E-state index contributed by atoms with van der Waals surface area (Å²) in [4.78, 5) is 48.5. The van der Waals surface area contributed by atoms with Gasteiger partial charge in [0.1, 0.15) is 11.6 Å². The third kappa shape index (κ3) is 4.96. The Kier molecular flexibility index (Phi) is 7.49. The summed E-state index contributed by atoms with van der Waals surface area (Å²) in [7, 11) is 0. The molecule has 2 N–H and O–H groups in total. The number of amides is 2. The summed E-state index contributed by atoms with van der Waals surface area (Å²) >= 11 is 0. The quantitative estimate of drug-likeness (QED) is 0.435. The monoisotopic (exact) mass is 540 g/mol. The number of para-hydroxylation sites is 1. The largest absolute Gasteiger partial charge is 0.361 e. The zero-order valence-corrected chi connectivity index (χ0v) is 23.4. The van der Waals surface area contributed by atoms with E-state index in [1.165, 1.54) is 19.3 Å². The van der Waals surface area contributed by atoms with Crippen molar-refractivity contribution in [1.82, 2.24) is 20.1 Å². The molecule has 0 radical (unpaired) electrons. The standard InChI is InChI=1S/C33H40N4O3/c1-23(38)30(27-21-34-28-15-9-8-14-26(27)28)36-18-16-33(17-19-36)32(40)35-29(20-24-10-4-2-5-11-24)31(39)37(33)22-25-12-6-3-7-13-25/h3,6-9,12-15,21,24,29-30,34H,2,4-5,10-11,16-20,22H2,1H3,(H,35,40). The maximum Gasteiger partial charge on any atom is 0.246 e. The van der Waals surface area contributed by atoms with Gasteiger partial charge >= 0.3 is 0 Å². The summed E-state index contributed by atoms with van der Waals surface area (Å²) in [6.45, 7) is 3.18. The van der Waals surface area contributed by atoms with Crippen molar-refractivity contribution in [1.29, 1.82) is 0 Å². The summed E-state index contributed by atoms with van der Waals surface area (Å²) in [5, 5.41) is 4.23. The van der Waals surface area contributed by atoms with Crippen molar-refractivity contribution in [3.63, 3.8) is 0 Å². The van der Waals surface area contributed by atoms with Gasteiger partial charge in [0, 0.05) is 42.3 Å². The molecule has 6 rings (SSSR count). The molecule has 2 unspecified atom stereocenters. The first-order valence-electron chi connectivity index (χ1n) is 14.9. The molecule has 3 aromatic rings.